The summed E-state index contributed by atoms with van der Waals surface area (Å²) in [6.07, 6.45) is 4.61. The number of H-pyrrole nitrogens is 1. The van der Waals surface area contributed by atoms with Crippen LogP contribution >= 0.6 is 0 Å². The highest BCUT2D eigenvalue weighted by molar-refractivity contribution is 5.21. The molecule has 1 fully saturated rings. The predicted molar refractivity (Wildman–Crippen MR) is 80.2 cm³/mol. The van der Waals surface area contributed by atoms with Crippen LogP contribution in [0.4, 0.5) is 0 Å². The van der Waals surface area contributed by atoms with E-state index in [1.54, 1.807) is 13.3 Å². The van der Waals surface area contributed by atoms with E-state index in [0.29, 0.717) is 6.61 Å². The van der Waals surface area contributed by atoms with Gasteiger partial charge in [0.2, 0.25) is 0 Å². The minimum absolute atomic E-state index is 0.234. The Morgan fingerprint density at radius 3 is 2.90 bits per heavy atom. The fourth-order valence-corrected chi connectivity index (χ4v) is 2.73. The second-order valence-corrected chi connectivity index (χ2v) is 5.49. The molecule has 0 radical (unpaired) electrons. The predicted octanol–water partition coefficient (Wildman–Crippen LogP) is 2.08. The minimum atomic E-state index is -0.234. The fraction of sp³-hybridized carbons (Fsp3) is 0.438. The van der Waals surface area contributed by atoms with Gasteiger partial charge in [0.15, 0.2) is 0 Å². The molecular formula is C16H21N3O2. The average Bonchev–Trinajstić information content (AvgIpc) is 3.17. The van der Waals surface area contributed by atoms with Gasteiger partial charge >= 0.3 is 0 Å². The summed E-state index contributed by atoms with van der Waals surface area (Å²) in [6.45, 7) is 3.25. The Morgan fingerprint density at radius 1 is 1.33 bits per heavy atom. The van der Waals surface area contributed by atoms with Crippen molar-refractivity contribution in [2.24, 2.45) is 0 Å². The first-order valence-electron chi connectivity index (χ1n) is 7.23. The number of aromatic nitrogens is 2. The van der Waals surface area contributed by atoms with E-state index in [9.17, 15) is 0 Å². The first kappa shape index (κ1) is 14.1. The average molecular weight is 287 g/mol. The van der Waals surface area contributed by atoms with Gasteiger partial charge in [0.25, 0.3) is 0 Å². The Labute approximate surface area is 124 Å². The molecule has 2 aromatic rings. The summed E-state index contributed by atoms with van der Waals surface area (Å²) >= 11 is 0. The number of rotatable bonds is 6. The fourth-order valence-electron chi connectivity index (χ4n) is 2.73. The molecule has 0 bridgehead atoms. The van der Waals surface area contributed by atoms with Gasteiger partial charge in [0, 0.05) is 32.6 Å². The van der Waals surface area contributed by atoms with Gasteiger partial charge in [-0.25, -0.2) is 4.98 Å². The zero-order valence-electron chi connectivity index (χ0n) is 12.3. The highest BCUT2D eigenvalue weighted by Gasteiger charge is 2.39. The van der Waals surface area contributed by atoms with Gasteiger partial charge in [-0.15, -0.1) is 0 Å². The van der Waals surface area contributed by atoms with Gasteiger partial charge < -0.3 is 14.5 Å². The quantitative estimate of drug-likeness (QED) is 0.884. The lowest BCUT2D eigenvalue weighted by molar-refractivity contribution is -0.0360. The monoisotopic (exact) mass is 287 g/mol. The lowest BCUT2D eigenvalue weighted by Gasteiger charge is -2.27. The zero-order valence-corrected chi connectivity index (χ0v) is 12.3. The van der Waals surface area contributed by atoms with Crippen molar-refractivity contribution in [1.82, 2.24) is 14.9 Å². The molecule has 1 aliphatic heterocycles. The van der Waals surface area contributed by atoms with E-state index in [-0.39, 0.29) is 5.60 Å². The number of methoxy groups -OCH3 is 1. The molecule has 21 heavy (non-hydrogen) atoms. The summed E-state index contributed by atoms with van der Waals surface area (Å²) in [6, 6.07) is 9.89. The topological polar surface area (TPSA) is 50.4 Å². The van der Waals surface area contributed by atoms with Crippen LogP contribution in [0, 0.1) is 0 Å². The molecule has 5 nitrogen and oxygen atoms in total. The summed E-state index contributed by atoms with van der Waals surface area (Å²) in [5.41, 5.74) is -0.234. The number of hydrogen-bond donors (Lipinski definition) is 1. The van der Waals surface area contributed by atoms with E-state index in [0.717, 1.165) is 37.6 Å². The Kier molecular flexibility index (Phi) is 4.22. The van der Waals surface area contributed by atoms with Crippen LogP contribution in [-0.2, 0) is 11.3 Å². The van der Waals surface area contributed by atoms with E-state index < -0.39 is 0 Å². The van der Waals surface area contributed by atoms with E-state index in [1.165, 1.54) is 0 Å². The summed E-state index contributed by atoms with van der Waals surface area (Å²) < 4.78 is 11.7. The van der Waals surface area contributed by atoms with E-state index in [2.05, 4.69) is 14.9 Å². The largest absolute Gasteiger partial charge is 0.491 e. The number of nitrogens with one attached hydrogen (secondary N) is 1. The molecule has 1 N–H and O–H groups in total. The lowest BCUT2D eigenvalue weighted by atomic mass is 10.1. The molecule has 1 atom stereocenters. The molecule has 0 amide bonds. The van der Waals surface area contributed by atoms with Crippen molar-refractivity contribution in [3.63, 3.8) is 0 Å². The Balaban J connectivity index is 1.57. The molecule has 1 aromatic carbocycles. The van der Waals surface area contributed by atoms with Crippen LogP contribution in [0.25, 0.3) is 0 Å². The summed E-state index contributed by atoms with van der Waals surface area (Å²) in [5, 5.41) is 0. The SMILES string of the molecule is COC1(COc2ccccc2)CCN(Cc2ncc[nH]2)C1. The Morgan fingerprint density at radius 2 is 2.19 bits per heavy atom. The standard InChI is InChI=1S/C16H21N3O2/c1-20-16(13-21-14-5-3-2-4-6-14)7-10-19(12-16)11-15-17-8-9-18-15/h2-6,8-9H,7,10-13H2,1H3,(H,17,18). The van der Waals surface area contributed by atoms with Crippen molar-refractivity contribution in [3.8, 4) is 5.75 Å². The van der Waals surface area contributed by atoms with Gasteiger partial charge in [0.05, 0.1) is 6.54 Å². The summed E-state index contributed by atoms with van der Waals surface area (Å²) in [7, 11) is 1.77. The molecule has 0 spiro atoms. The Bertz CT molecular complexity index is 544. The maximum absolute atomic E-state index is 5.89. The van der Waals surface area contributed by atoms with Gasteiger partial charge in [-0.05, 0) is 18.6 Å². The summed E-state index contributed by atoms with van der Waals surface area (Å²) in [5.74, 6) is 1.88. The highest BCUT2D eigenvalue weighted by Crippen LogP contribution is 2.27. The number of nitrogens with zero attached hydrogens (tertiary/aromatic N) is 2. The van der Waals surface area contributed by atoms with Gasteiger partial charge in [-0.3, -0.25) is 4.90 Å². The number of hydrogen-bond acceptors (Lipinski definition) is 4. The second-order valence-electron chi connectivity index (χ2n) is 5.49. The van der Waals surface area contributed by atoms with Crippen LogP contribution < -0.4 is 4.74 Å². The molecule has 5 heteroatoms. The van der Waals surface area contributed by atoms with Crippen LogP contribution in [0.1, 0.15) is 12.2 Å². The summed E-state index contributed by atoms with van der Waals surface area (Å²) in [4.78, 5) is 9.76. The van der Waals surface area contributed by atoms with Crippen LogP contribution in [-0.4, -0.2) is 47.3 Å². The maximum Gasteiger partial charge on any atom is 0.120 e. The number of likely N-dealkylation sites (tertiary alicyclic amines) is 1. The normalized spacial score (nSPS) is 22.5. The minimum Gasteiger partial charge on any atom is -0.491 e. The van der Waals surface area contributed by atoms with Crippen molar-refractivity contribution in [2.75, 3.05) is 26.8 Å². The van der Waals surface area contributed by atoms with Crippen LogP contribution in [0.3, 0.4) is 0 Å². The van der Waals surface area contributed by atoms with Crippen molar-refractivity contribution in [3.05, 3.63) is 48.5 Å². The van der Waals surface area contributed by atoms with Crippen LogP contribution in [0.2, 0.25) is 0 Å². The molecule has 1 aliphatic rings. The van der Waals surface area contributed by atoms with Gasteiger partial charge in [0.1, 0.15) is 23.8 Å². The smallest absolute Gasteiger partial charge is 0.120 e. The third-order valence-corrected chi connectivity index (χ3v) is 4.00. The Hall–Kier alpha value is -1.85. The van der Waals surface area contributed by atoms with Gasteiger partial charge in [-0.1, -0.05) is 18.2 Å². The first-order valence-corrected chi connectivity index (χ1v) is 7.23. The van der Waals surface area contributed by atoms with E-state index in [4.69, 9.17) is 9.47 Å². The van der Waals surface area contributed by atoms with Crippen molar-refractivity contribution >= 4 is 0 Å². The molecule has 0 saturated carbocycles. The van der Waals surface area contributed by atoms with E-state index in [1.807, 2.05) is 36.5 Å². The number of ether oxygens (including phenoxy) is 2. The number of para-hydroxylation sites is 1. The molecule has 1 saturated heterocycles. The first-order chi connectivity index (χ1) is 10.3. The molecule has 2 heterocycles. The number of imidazole rings is 1. The third kappa shape index (κ3) is 3.43. The molecule has 0 aliphatic carbocycles. The number of aromatic amines is 1. The van der Waals surface area contributed by atoms with Crippen molar-refractivity contribution in [1.29, 1.82) is 0 Å². The van der Waals surface area contributed by atoms with Crippen LogP contribution in [0.15, 0.2) is 42.7 Å². The van der Waals surface area contributed by atoms with Crippen molar-refractivity contribution in [2.45, 2.75) is 18.6 Å². The van der Waals surface area contributed by atoms with Crippen LogP contribution in [0.5, 0.6) is 5.75 Å². The van der Waals surface area contributed by atoms with Crippen molar-refractivity contribution < 1.29 is 9.47 Å². The lowest BCUT2D eigenvalue weighted by Crippen LogP contribution is -2.41. The molecule has 1 aromatic heterocycles. The third-order valence-electron chi connectivity index (χ3n) is 4.00. The molecular weight excluding hydrogens is 266 g/mol. The van der Waals surface area contributed by atoms with Gasteiger partial charge in [-0.2, -0.15) is 0 Å². The molecule has 3 rings (SSSR count). The molecule has 1 unspecified atom stereocenters. The zero-order chi connectivity index (χ0) is 14.5. The highest BCUT2D eigenvalue weighted by atomic mass is 16.5. The molecule has 112 valence electrons. The number of benzene rings is 1. The maximum atomic E-state index is 5.89. The van der Waals surface area contributed by atoms with E-state index >= 15 is 0 Å². The second kappa shape index (κ2) is 6.28.